The summed E-state index contributed by atoms with van der Waals surface area (Å²) in [5, 5.41) is 8.84. The number of piperazine rings is 1. The Labute approximate surface area is 133 Å². The van der Waals surface area contributed by atoms with Crippen molar-refractivity contribution >= 4 is 22.4 Å². The lowest BCUT2D eigenvalue weighted by atomic mass is 10.1. The minimum Gasteiger partial charge on any atom is -0.314 e. The quantitative estimate of drug-likeness (QED) is 0.897. The normalized spacial score (nSPS) is 19.0. The second-order valence-electron chi connectivity index (χ2n) is 5.30. The SMILES string of the molecule is CC(=O)Nc1nc(CN2CCNCC2c2cccnc2)cs1. The van der Waals surface area contributed by atoms with E-state index >= 15 is 0 Å². The summed E-state index contributed by atoms with van der Waals surface area (Å²) in [5.41, 5.74) is 2.21. The lowest BCUT2D eigenvalue weighted by Crippen LogP contribution is -2.45. The van der Waals surface area contributed by atoms with E-state index in [1.54, 1.807) is 6.20 Å². The number of nitrogens with zero attached hydrogens (tertiary/aromatic N) is 3. The summed E-state index contributed by atoms with van der Waals surface area (Å²) in [6.07, 6.45) is 3.72. The minimum atomic E-state index is -0.0868. The van der Waals surface area contributed by atoms with E-state index in [0.717, 1.165) is 31.9 Å². The standard InChI is InChI=1S/C15H19N5OS/c1-11(21)18-15-19-13(10-22-15)9-20-6-5-17-8-14(20)12-3-2-4-16-7-12/h2-4,7,10,14,17H,5-6,8-9H2,1H3,(H,18,19,21). The summed E-state index contributed by atoms with van der Waals surface area (Å²) >= 11 is 1.47. The van der Waals surface area contributed by atoms with Crippen molar-refractivity contribution in [2.75, 3.05) is 25.0 Å². The second kappa shape index (κ2) is 6.95. The number of hydrogen-bond acceptors (Lipinski definition) is 6. The maximum atomic E-state index is 11.1. The topological polar surface area (TPSA) is 70.2 Å². The zero-order valence-electron chi connectivity index (χ0n) is 12.5. The Bertz CT molecular complexity index is 630. The highest BCUT2D eigenvalue weighted by Crippen LogP contribution is 2.25. The summed E-state index contributed by atoms with van der Waals surface area (Å²) in [4.78, 5) is 22.2. The van der Waals surface area contributed by atoms with Crippen LogP contribution in [0.1, 0.15) is 24.2 Å². The fourth-order valence-electron chi connectivity index (χ4n) is 2.63. The number of rotatable bonds is 4. The van der Waals surface area contributed by atoms with E-state index in [1.807, 2.05) is 17.6 Å². The van der Waals surface area contributed by atoms with Crippen molar-refractivity contribution in [3.05, 3.63) is 41.2 Å². The molecule has 1 unspecified atom stereocenters. The molecule has 6 nitrogen and oxygen atoms in total. The Morgan fingerprint density at radius 1 is 1.59 bits per heavy atom. The zero-order chi connectivity index (χ0) is 15.4. The molecule has 0 spiro atoms. The third-order valence-electron chi connectivity index (χ3n) is 3.62. The molecule has 1 amide bonds. The molecule has 3 heterocycles. The van der Waals surface area contributed by atoms with Crippen LogP contribution in [0.4, 0.5) is 5.13 Å². The average molecular weight is 317 g/mol. The van der Waals surface area contributed by atoms with Gasteiger partial charge in [0.05, 0.1) is 5.69 Å². The summed E-state index contributed by atoms with van der Waals surface area (Å²) in [7, 11) is 0. The van der Waals surface area contributed by atoms with Crippen LogP contribution >= 0.6 is 11.3 Å². The summed E-state index contributed by atoms with van der Waals surface area (Å²) in [6, 6.07) is 4.38. The van der Waals surface area contributed by atoms with Crippen molar-refractivity contribution in [1.82, 2.24) is 20.2 Å². The van der Waals surface area contributed by atoms with Gasteiger partial charge in [-0.05, 0) is 11.6 Å². The average Bonchev–Trinajstić information content (AvgIpc) is 2.95. The number of nitrogens with one attached hydrogen (secondary N) is 2. The smallest absolute Gasteiger partial charge is 0.223 e. The third-order valence-corrected chi connectivity index (χ3v) is 4.43. The van der Waals surface area contributed by atoms with E-state index in [2.05, 4.69) is 31.6 Å². The first-order chi connectivity index (χ1) is 10.7. The summed E-state index contributed by atoms with van der Waals surface area (Å²) < 4.78 is 0. The number of anilines is 1. The van der Waals surface area contributed by atoms with Crippen molar-refractivity contribution in [1.29, 1.82) is 0 Å². The first kappa shape index (κ1) is 15.1. The highest BCUT2D eigenvalue weighted by atomic mass is 32.1. The van der Waals surface area contributed by atoms with Gasteiger partial charge >= 0.3 is 0 Å². The van der Waals surface area contributed by atoms with Gasteiger partial charge < -0.3 is 10.6 Å². The van der Waals surface area contributed by atoms with Crippen molar-refractivity contribution < 1.29 is 4.79 Å². The van der Waals surface area contributed by atoms with Crippen molar-refractivity contribution in [2.45, 2.75) is 19.5 Å². The number of carbonyl (C=O) groups is 1. The highest BCUT2D eigenvalue weighted by Gasteiger charge is 2.24. The van der Waals surface area contributed by atoms with Gasteiger partial charge in [0.1, 0.15) is 0 Å². The van der Waals surface area contributed by atoms with Crippen LogP contribution in [-0.4, -0.2) is 40.4 Å². The van der Waals surface area contributed by atoms with Gasteiger partial charge in [-0.3, -0.25) is 14.7 Å². The molecule has 0 bridgehead atoms. The highest BCUT2D eigenvalue weighted by molar-refractivity contribution is 7.13. The molecule has 2 aromatic heterocycles. The van der Waals surface area contributed by atoms with E-state index in [-0.39, 0.29) is 5.91 Å². The van der Waals surface area contributed by atoms with Crippen LogP contribution in [0, 0.1) is 0 Å². The molecule has 0 aliphatic carbocycles. The Hall–Kier alpha value is -1.83. The molecular formula is C15H19N5OS. The number of pyridine rings is 1. The maximum absolute atomic E-state index is 11.1. The van der Waals surface area contributed by atoms with Gasteiger partial charge in [-0.15, -0.1) is 11.3 Å². The van der Waals surface area contributed by atoms with Gasteiger partial charge in [0.2, 0.25) is 5.91 Å². The Balaban J connectivity index is 1.71. The summed E-state index contributed by atoms with van der Waals surface area (Å²) in [6.45, 7) is 5.12. The molecule has 0 saturated carbocycles. The first-order valence-electron chi connectivity index (χ1n) is 7.29. The molecule has 3 rings (SSSR count). The van der Waals surface area contributed by atoms with E-state index < -0.39 is 0 Å². The lowest BCUT2D eigenvalue weighted by Gasteiger charge is -2.35. The Morgan fingerprint density at radius 2 is 2.50 bits per heavy atom. The molecule has 1 fully saturated rings. The van der Waals surface area contributed by atoms with Crippen LogP contribution < -0.4 is 10.6 Å². The van der Waals surface area contributed by atoms with Crippen LogP contribution in [-0.2, 0) is 11.3 Å². The minimum absolute atomic E-state index is 0.0868. The summed E-state index contributed by atoms with van der Waals surface area (Å²) in [5.74, 6) is -0.0868. The van der Waals surface area contributed by atoms with Crippen LogP contribution in [0.25, 0.3) is 0 Å². The van der Waals surface area contributed by atoms with Crippen LogP contribution in [0.15, 0.2) is 29.9 Å². The molecule has 7 heteroatoms. The number of aromatic nitrogens is 2. The Kier molecular flexibility index (Phi) is 4.77. The fourth-order valence-corrected chi connectivity index (χ4v) is 3.38. The molecule has 2 N–H and O–H groups in total. The molecule has 1 saturated heterocycles. The van der Waals surface area contributed by atoms with Crippen LogP contribution in [0.5, 0.6) is 0 Å². The van der Waals surface area contributed by atoms with E-state index in [1.165, 1.54) is 23.8 Å². The molecule has 0 aromatic carbocycles. The molecule has 0 radical (unpaired) electrons. The number of thiazole rings is 1. The molecule has 2 aromatic rings. The van der Waals surface area contributed by atoms with E-state index in [9.17, 15) is 4.79 Å². The van der Waals surface area contributed by atoms with Gasteiger partial charge in [0.15, 0.2) is 5.13 Å². The number of hydrogen-bond donors (Lipinski definition) is 2. The van der Waals surface area contributed by atoms with Gasteiger partial charge in [-0.1, -0.05) is 6.07 Å². The number of carbonyl (C=O) groups excluding carboxylic acids is 1. The third kappa shape index (κ3) is 3.68. The first-order valence-corrected chi connectivity index (χ1v) is 8.17. The lowest BCUT2D eigenvalue weighted by molar-refractivity contribution is -0.114. The fraction of sp³-hybridized carbons (Fsp3) is 0.400. The molecule has 22 heavy (non-hydrogen) atoms. The van der Waals surface area contributed by atoms with Gasteiger partial charge in [-0.2, -0.15) is 0 Å². The van der Waals surface area contributed by atoms with E-state index in [0.29, 0.717) is 11.2 Å². The predicted molar refractivity (Wildman–Crippen MR) is 86.7 cm³/mol. The van der Waals surface area contributed by atoms with Crippen molar-refractivity contribution in [3.8, 4) is 0 Å². The van der Waals surface area contributed by atoms with Crippen LogP contribution in [0.2, 0.25) is 0 Å². The monoisotopic (exact) mass is 317 g/mol. The molecule has 116 valence electrons. The largest absolute Gasteiger partial charge is 0.314 e. The van der Waals surface area contributed by atoms with Gasteiger partial charge in [0, 0.05) is 56.9 Å². The second-order valence-corrected chi connectivity index (χ2v) is 6.16. The molecular weight excluding hydrogens is 298 g/mol. The van der Waals surface area contributed by atoms with Gasteiger partial charge in [-0.25, -0.2) is 4.98 Å². The molecule has 1 atom stereocenters. The Morgan fingerprint density at radius 3 is 3.27 bits per heavy atom. The predicted octanol–water partition coefficient (Wildman–Crippen LogP) is 1.64. The maximum Gasteiger partial charge on any atom is 0.223 e. The molecule has 1 aliphatic rings. The van der Waals surface area contributed by atoms with E-state index in [4.69, 9.17) is 0 Å². The molecule has 1 aliphatic heterocycles. The van der Waals surface area contributed by atoms with Crippen molar-refractivity contribution in [2.24, 2.45) is 0 Å². The van der Waals surface area contributed by atoms with Gasteiger partial charge in [0.25, 0.3) is 0 Å². The van der Waals surface area contributed by atoms with Crippen molar-refractivity contribution in [3.63, 3.8) is 0 Å². The van der Waals surface area contributed by atoms with Crippen LogP contribution in [0.3, 0.4) is 0 Å². The zero-order valence-corrected chi connectivity index (χ0v) is 13.3. The number of amides is 1.